The largest absolute Gasteiger partial charge is 0.444 e. The minimum absolute atomic E-state index is 0.224. The zero-order valence-corrected chi connectivity index (χ0v) is 21.4. The second-order valence-corrected chi connectivity index (χ2v) is 9.79. The van der Waals surface area contributed by atoms with Crippen LogP contribution < -0.4 is 21.3 Å². The van der Waals surface area contributed by atoms with Gasteiger partial charge < -0.3 is 30.9 Å². The van der Waals surface area contributed by atoms with Crippen molar-refractivity contribution >= 4 is 35.1 Å². The van der Waals surface area contributed by atoms with Crippen molar-refractivity contribution in [1.29, 1.82) is 0 Å². The molecule has 1 saturated heterocycles. The molecular weight excluding hydrogens is 470 g/mol. The van der Waals surface area contributed by atoms with Gasteiger partial charge in [-0.1, -0.05) is 30.3 Å². The summed E-state index contributed by atoms with van der Waals surface area (Å²) in [5.74, 6) is 0.117. The number of aromatic nitrogens is 2. The van der Waals surface area contributed by atoms with Gasteiger partial charge in [0.2, 0.25) is 5.95 Å². The van der Waals surface area contributed by atoms with E-state index in [1.807, 2.05) is 75.4 Å². The highest BCUT2D eigenvalue weighted by Gasteiger charge is 2.26. The molecule has 2 aromatic carbocycles. The Balaban J connectivity index is 1.37. The molecule has 37 heavy (non-hydrogen) atoms. The molecule has 3 aromatic rings. The molecule has 0 radical (unpaired) electrons. The molecule has 1 aliphatic heterocycles. The summed E-state index contributed by atoms with van der Waals surface area (Å²) in [4.78, 5) is 36.9. The van der Waals surface area contributed by atoms with Gasteiger partial charge in [-0.25, -0.2) is 9.78 Å². The van der Waals surface area contributed by atoms with E-state index in [-0.39, 0.29) is 11.7 Å². The molecule has 0 bridgehead atoms. The minimum atomic E-state index is -0.599. The van der Waals surface area contributed by atoms with E-state index in [1.165, 1.54) is 6.20 Å². The Morgan fingerprint density at radius 1 is 1.00 bits per heavy atom. The van der Waals surface area contributed by atoms with Crippen LogP contribution >= 0.6 is 0 Å². The summed E-state index contributed by atoms with van der Waals surface area (Å²) >= 11 is 0. The maximum atomic E-state index is 12.3. The number of nitrogens with two attached hydrogens (primary N) is 1. The molecule has 4 rings (SSSR count). The molecule has 2 heterocycles. The number of hydrogen-bond acceptors (Lipinski definition) is 8. The third-order valence-corrected chi connectivity index (χ3v) is 5.78. The molecule has 0 unspecified atom stereocenters. The Morgan fingerprint density at radius 2 is 1.68 bits per heavy atom. The molecule has 1 aliphatic rings. The molecule has 0 saturated carbocycles. The highest BCUT2D eigenvalue weighted by atomic mass is 16.6. The molecule has 10 nitrogen and oxygen atoms in total. The Morgan fingerprint density at radius 3 is 2.30 bits per heavy atom. The zero-order valence-electron chi connectivity index (χ0n) is 21.4. The van der Waals surface area contributed by atoms with E-state index in [1.54, 1.807) is 4.90 Å². The number of amides is 2. The molecule has 0 spiro atoms. The van der Waals surface area contributed by atoms with E-state index in [0.29, 0.717) is 31.4 Å². The molecule has 10 heteroatoms. The predicted octanol–water partition coefficient (Wildman–Crippen LogP) is 3.99. The van der Waals surface area contributed by atoms with Crippen LogP contribution in [0, 0.1) is 0 Å². The molecule has 194 valence electrons. The number of carbonyl (C=O) groups excluding carboxylic acids is 2. The van der Waals surface area contributed by atoms with Gasteiger partial charge in [-0.15, -0.1) is 0 Å². The van der Waals surface area contributed by atoms with Crippen molar-refractivity contribution in [3.63, 3.8) is 0 Å². The lowest BCUT2D eigenvalue weighted by molar-refractivity contribution is 0.0240. The molecular formula is C27H33N7O3. The first-order valence-corrected chi connectivity index (χ1v) is 12.2. The van der Waals surface area contributed by atoms with Crippen molar-refractivity contribution in [2.45, 2.75) is 32.9 Å². The summed E-state index contributed by atoms with van der Waals surface area (Å²) in [5.41, 5.74) is 8.15. The van der Waals surface area contributed by atoms with E-state index >= 15 is 0 Å². The summed E-state index contributed by atoms with van der Waals surface area (Å²) < 4.78 is 5.48. The van der Waals surface area contributed by atoms with E-state index in [2.05, 4.69) is 25.5 Å². The second kappa shape index (κ2) is 11.2. The molecule has 0 atom stereocenters. The zero-order chi connectivity index (χ0) is 26.4. The quantitative estimate of drug-likeness (QED) is 0.442. The lowest BCUT2D eigenvalue weighted by Gasteiger charge is -2.36. The van der Waals surface area contributed by atoms with Gasteiger partial charge in [0, 0.05) is 50.3 Å². The fourth-order valence-corrected chi connectivity index (χ4v) is 3.90. The van der Waals surface area contributed by atoms with Crippen molar-refractivity contribution in [2.24, 2.45) is 5.73 Å². The van der Waals surface area contributed by atoms with Crippen molar-refractivity contribution < 1.29 is 14.3 Å². The van der Waals surface area contributed by atoms with Gasteiger partial charge >= 0.3 is 6.09 Å². The number of ether oxygens (including phenoxy) is 1. The summed E-state index contributed by atoms with van der Waals surface area (Å²) in [6.07, 6.45) is 1.15. The average Bonchev–Trinajstić information content (AvgIpc) is 2.87. The summed E-state index contributed by atoms with van der Waals surface area (Å²) in [6.45, 7) is 8.76. The second-order valence-electron chi connectivity index (χ2n) is 9.79. The topological polar surface area (TPSA) is 126 Å². The van der Waals surface area contributed by atoms with Crippen molar-refractivity contribution in [3.8, 4) is 0 Å². The van der Waals surface area contributed by atoms with Gasteiger partial charge in [0.05, 0.1) is 5.56 Å². The Hall–Kier alpha value is -4.34. The fraction of sp³-hybridized carbons (Fsp3) is 0.333. The number of nitrogens with one attached hydrogen (secondary N) is 2. The van der Waals surface area contributed by atoms with E-state index < -0.39 is 11.5 Å². The number of anilines is 4. The molecule has 1 aromatic heterocycles. The summed E-state index contributed by atoms with van der Waals surface area (Å²) in [5, 5.41) is 6.36. The highest BCUT2D eigenvalue weighted by molar-refractivity contribution is 5.97. The van der Waals surface area contributed by atoms with Crippen molar-refractivity contribution in [3.05, 3.63) is 71.9 Å². The SMILES string of the molecule is CC(C)(C)OC(=O)N1CCN(c2ccc(Nc3ncc(C(N)=O)c(NCc4ccccc4)n3)cc2)CC1. The predicted molar refractivity (Wildman–Crippen MR) is 144 cm³/mol. The molecule has 0 aliphatic carbocycles. The van der Waals surface area contributed by atoms with Gasteiger partial charge in [0.15, 0.2) is 0 Å². The van der Waals surface area contributed by atoms with E-state index in [9.17, 15) is 9.59 Å². The lowest BCUT2D eigenvalue weighted by atomic mass is 10.2. The van der Waals surface area contributed by atoms with Gasteiger partial charge in [-0.3, -0.25) is 4.79 Å². The van der Waals surface area contributed by atoms with E-state index in [4.69, 9.17) is 10.5 Å². The first kappa shape index (κ1) is 25.7. The summed E-state index contributed by atoms with van der Waals surface area (Å²) in [7, 11) is 0. The number of piperazine rings is 1. The number of nitrogens with zero attached hydrogens (tertiary/aromatic N) is 4. The van der Waals surface area contributed by atoms with Crippen LogP contribution in [0.25, 0.3) is 0 Å². The standard InChI is InChI=1S/C27H33N7O3/c1-27(2,3)37-26(36)34-15-13-33(14-16-34)21-11-9-20(10-12-21)31-25-30-18-22(23(28)35)24(32-25)29-17-19-7-5-4-6-8-19/h4-12,18H,13-17H2,1-3H3,(H2,28,35)(H2,29,30,31,32). The molecule has 1 fully saturated rings. The van der Waals surface area contributed by atoms with E-state index in [0.717, 1.165) is 30.0 Å². The van der Waals surface area contributed by atoms with Gasteiger partial charge in [-0.05, 0) is 50.6 Å². The maximum Gasteiger partial charge on any atom is 0.410 e. The Kier molecular flexibility index (Phi) is 7.76. The highest BCUT2D eigenvalue weighted by Crippen LogP contribution is 2.23. The fourth-order valence-electron chi connectivity index (χ4n) is 3.90. The minimum Gasteiger partial charge on any atom is -0.444 e. The van der Waals surface area contributed by atoms with Crippen LogP contribution in [0.3, 0.4) is 0 Å². The van der Waals surface area contributed by atoms with Gasteiger partial charge in [0.25, 0.3) is 5.91 Å². The van der Waals surface area contributed by atoms with Gasteiger partial charge in [0.1, 0.15) is 11.4 Å². The van der Waals surface area contributed by atoms with Crippen LogP contribution in [0.15, 0.2) is 60.8 Å². The lowest BCUT2D eigenvalue weighted by Crippen LogP contribution is -2.50. The maximum absolute atomic E-state index is 12.3. The average molecular weight is 504 g/mol. The van der Waals surface area contributed by atoms with Crippen molar-refractivity contribution in [1.82, 2.24) is 14.9 Å². The third-order valence-electron chi connectivity index (χ3n) is 5.78. The molecule has 2 amide bonds. The Labute approximate surface area is 216 Å². The smallest absolute Gasteiger partial charge is 0.410 e. The third kappa shape index (κ3) is 7.09. The summed E-state index contributed by atoms with van der Waals surface area (Å²) in [6, 6.07) is 17.7. The molecule has 4 N–H and O–H groups in total. The number of rotatable bonds is 7. The number of hydrogen-bond donors (Lipinski definition) is 3. The Bertz CT molecular complexity index is 1220. The van der Waals surface area contributed by atoms with Crippen LogP contribution in [0.4, 0.5) is 27.9 Å². The van der Waals surface area contributed by atoms with Crippen LogP contribution in [0.1, 0.15) is 36.7 Å². The number of benzene rings is 2. The van der Waals surface area contributed by atoms with Crippen LogP contribution in [-0.2, 0) is 11.3 Å². The van der Waals surface area contributed by atoms with Crippen LogP contribution in [0.5, 0.6) is 0 Å². The van der Waals surface area contributed by atoms with Crippen LogP contribution in [0.2, 0.25) is 0 Å². The number of primary amides is 1. The van der Waals surface area contributed by atoms with Crippen molar-refractivity contribution in [2.75, 3.05) is 41.7 Å². The monoisotopic (exact) mass is 503 g/mol. The first-order chi connectivity index (χ1) is 17.7. The normalized spacial score (nSPS) is 13.7. The first-order valence-electron chi connectivity index (χ1n) is 12.2. The van der Waals surface area contributed by atoms with Crippen LogP contribution in [-0.4, -0.2) is 58.6 Å². The number of carbonyl (C=O) groups is 2. The van der Waals surface area contributed by atoms with Gasteiger partial charge in [-0.2, -0.15) is 4.98 Å².